The Morgan fingerprint density at radius 3 is 1.95 bits per heavy atom. The van der Waals surface area contributed by atoms with E-state index in [9.17, 15) is 0 Å². The summed E-state index contributed by atoms with van der Waals surface area (Å²) in [5.41, 5.74) is 5.34. The fourth-order valence-corrected chi connectivity index (χ4v) is 5.32. The number of aliphatic imine (C=N–C) groups is 1. The lowest BCUT2D eigenvalue weighted by Gasteiger charge is -2.06. The zero-order chi connectivity index (χ0) is 27.4. The summed E-state index contributed by atoms with van der Waals surface area (Å²) in [6.45, 7) is 5.32. The first-order valence-corrected chi connectivity index (χ1v) is 16.3. The van der Waals surface area contributed by atoms with Crippen LogP contribution in [0.3, 0.4) is 0 Å². The average molecular weight is 534 g/mol. The smallest absolute Gasteiger partial charge is 0.144 e. The lowest BCUT2D eigenvalue weighted by Crippen LogP contribution is -1.97. The maximum atomic E-state index is 6.28. The summed E-state index contributed by atoms with van der Waals surface area (Å²) in [6, 6.07) is 6.24. The predicted molar refractivity (Wildman–Crippen MR) is 170 cm³/mol. The summed E-state index contributed by atoms with van der Waals surface area (Å²) in [6.07, 6.45) is 33.6. The van der Waals surface area contributed by atoms with Gasteiger partial charge in [0.25, 0.3) is 0 Å². The maximum absolute atomic E-state index is 6.28. The van der Waals surface area contributed by atoms with E-state index in [4.69, 9.17) is 9.73 Å². The summed E-state index contributed by atoms with van der Waals surface area (Å²) in [4.78, 5) is 11.8. The highest BCUT2D eigenvalue weighted by atomic mass is 16.5. The Morgan fingerprint density at radius 1 is 0.718 bits per heavy atom. The van der Waals surface area contributed by atoms with Crippen molar-refractivity contribution in [2.24, 2.45) is 4.99 Å². The van der Waals surface area contributed by atoms with Gasteiger partial charge in [-0.15, -0.1) is 0 Å². The van der Waals surface area contributed by atoms with E-state index in [1.165, 1.54) is 115 Å². The number of allylic oxidation sites excluding steroid dienone is 2. The van der Waals surface area contributed by atoms with Crippen molar-refractivity contribution >= 4 is 11.8 Å². The Bertz CT molecular complexity index is 980. The molecule has 2 aromatic rings. The Morgan fingerprint density at radius 2 is 1.33 bits per heavy atom. The van der Waals surface area contributed by atoms with E-state index in [-0.39, 0.29) is 0 Å². The van der Waals surface area contributed by atoms with Crippen molar-refractivity contribution in [3.05, 3.63) is 47.9 Å². The molecule has 0 radical (unpaired) electrons. The molecule has 0 bridgehead atoms. The van der Waals surface area contributed by atoms with Gasteiger partial charge in [-0.05, 0) is 49.6 Å². The van der Waals surface area contributed by atoms with Crippen LogP contribution >= 0.6 is 0 Å². The molecule has 4 nitrogen and oxygen atoms in total. The third-order valence-corrected chi connectivity index (χ3v) is 7.75. The third kappa shape index (κ3) is 12.5. The molecule has 1 aliphatic heterocycles. The van der Waals surface area contributed by atoms with Gasteiger partial charge in [-0.3, -0.25) is 4.99 Å². The summed E-state index contributed by atoms with van der Waals surface area (Å²) < 4.78 is 6.28. The molecule has 2 N–H and O–H groups in total. The van der Waals surface area contributed by atoms with Crippen molar-refractivity contribution in [1.29, 1.82) is 0 Å². The van der Waals surface area contributed by atoms with Crippen molar-refractivity contribution in [3.63, 3.8) is 0 Å². The van der Waals surface area contributed by atoms with E-state index >= 15 is 0 Å². The number of hydrogen-bond donors (Lipinski definition) is 2. The molecule has 0 spiro atoms. The molecule has 0 atom stereocenters. The van der Waals surface area contributed by atoms with Crippen LogP contribution in [0, 0.1) is 0 Å². The van der Waals surface area contributed by atoms with E-state index in [0.717, 1.165) is 48.0 Å². The second-order valence-electron chi connectivity index (χ2n) is 11.3. The lowest BCUT2D eigenvalue weighted by atomic mass is 10.1. The molecule has 3 heterocycles. The van der Waals surface area contributed by atoms with Crippen LogP contribution in [0.15, 0.2) is 47.2 Å². The Labute approximate surface area is 238 Å². The van der Waals surface area contributed by atoms with E-state index in [0.29, 0.717) is 0 Å². The maximum Gasteiger partial charge on any atom is 0.144 e. The SMILES string of the molecule is CCCCCCCCCCCOc1cc(-c2ccc[nH]2)[nH]c1/C=C1\C=CC(CCCCCCCCCCC)=N1. The molecule has 39 heavy (non-hydrogen) atoms. The van der Waals surface area contributed by atoms with Crippen LogP contribution in [0.1, 0.15) is 142 Å². The number of nitrogens with one attached hydrogen (secondary N) is 2. The van der Waals surface area contributed by atoms with Crippen LogP contribution in [-0.4, -0.2) is 22.3 Å². The topological polar surface area (TPSA) is 53.2 Å². The standard InChI is InChI=1S/C35H55N3O/c1-3-5-7-9-11-13-15-17-19-22-30-24-25-31(37-30)28-34-35(29-33(38-34)32-23-21-26-36-32)39-27-20-18-16-14-12-10-8-6-4-2/h21,23-26,28-29,36,38H,3-20,22,27H2,1-2H3/b31-28+. The minimum absolute atomic E-state index is 0.761. The molecule has 0 fully saturated rings. The quantitative estimate of drug-likeness (QED) is 0.137. The van der Waals surface area contributed by atoms with Crippen LogP contribution in [0.25, 0.3) is 17.5 Å². The molecule has 0 saturated heterocycles. The number of hydrogen-bond acceptors (Lipinski definition) is 2. The van der Waals surface area contributed by atoms with Crippen LogP contribution < -0.4 is 4.74 Å². The highest BCUT2D eigenvalue weighted by molar-refractivity contribution is 5.99. The number of ether oxygens (including phenoxy) is 1. The van der Waals surface area contributed by atoms with Crippen molar-refractivity contribution in [3.8, 4) is 17.1 Å². The van der Waals surface area contributed by atoms with Gasteiger partial charge in [-0.1, -0.05) is 117 Å². The van der Waals surface area contributed by atoms with Crippen molar-refractivity contribution in [1.82, 2.24) is 9.97 Å². The molecule has 0 unspecified atom stereocenters. The number of aromatic nitrogens is 2. The fourth-order valence-electron chi connectivity index (χ4n) is 5.32. The van der Waals surface area contributed by atoms with Gasteiger partial charge < -0.3 is 14.7 Å². The van der Waals surface area contributed by atoms with Crippen LogP contribution in [0.4, 0.5) is 0 Å². The van der Waals surface area contributed by atoms with Gasteiger partial charge >= 0.3 is 0 Å². The second-order valence-corrected chi connectivity index (χ2v) is 11.3. The average Bonchev–Trinajstić information content (AvgIpc) is 3.71. The third-order valence-electron chi connectivity index (χ3n) is 7.75. The molecule has 2 aromatic heterocycles. The Kier molecular flexibility index (Phi) is 15.6. The normalized spacial score (nSPS) is 14.0. The summed E-state index contributed by atoms with van der Waals surface area (Å²) in [5, 5.41) is 0. The minimum atomic E-state index is 0.761. The van der Waals surface area contributed by atoms with Gasteiger partial charge in [0.05, 0.1) is 29.4 Å². The number of unbranched alkanes of at least 4 members (excludes halogenated alkanes) is 16. The molecular formula is C35H55N3O. The largest absolute Gasteiger partial charge is 0.491 e. The molecule has 216 valence electrons. The lowest BCUT2D eigenvalue weighted by molar-refractivity contribution is 0.304. The molecular weight excluding hydrogens is 478 g/mol. The van der Waals surface area contributed by atoms with Crippen LogP contribution in [-0.2, 0) is 0 Å². The number of aromatic amines is 2. The predicted octanol–water partition coefficient (Wildman–Crippen LogP) is 11.2. The Balaban J connectivity index is 1.43. The highest BCUT2D eigenvalue weighted by Gasteiger charge is 2.12. The van der Waals surface area contributed by atoms with Gasteiger partial charge in [-0.25, -0.2) is 0 Å². The number of nitrogens with zero attached hydrogens (tertiary/aromatic N) is 1. The van der Waals surface area contributed by atoms with Crippen molar-refractivity contribution < 1.29 is 4.74 Å². The summed E-state index contributed by atoms with van der Waals surface area (Å²) in [7, 11) is 0. The number of H-pyrrole nitrogens is 2. The molecule has 0 aliphatic carbocycles. The highest BCUT2D eigenvalue weighted by Crippen LogP contribution is 2.30. The second kappa shape index (κ2) is 19.6. The van der Waals surface area contributed by atoms with E-state index < -0.39 is 0 Å². The molecule has 0 aromatic carbocycles. The molecule has 4 heteroatoms. The molecule has 0 amide bonds. The van der Waals surface area contributed by atoms with E-state index in [1.54, 1.807) is 0 Å². The minimum Gasteiger partial charge on any atom is -0.491 e. The van der Waals surface area contributed by atoms with Gasteiger partial charge in [-0.2, -0.15) is 0 Å². The monoisotopic (exact) mass is 533 g/mol. The van der Waals surface area contributed by atoms with Crippen molar-refractivity contribution in [2.45, 2.75) is 136 Å². The van der Waals surface area contributed by atoms with Crippen LogP contribution in [0.2, 0.25) is 0 Å². The molecule has 1 aliphatic rings. The summed E-state index contributed by atoms with van der Waals surface area (Å²) in [5.74, 6) is 0.919. The van der Waals surface area contributed by atoms with Crippen molar-refractivity contribution in [2.75, 3.05) is 6.61 Å². The first kappa shape index (κ1) is 31.0. The van der Waals surface area contributed by atoms with E-state index in [1.807, 2.05) is 12.3 Å². The van der Waals surface area contributed by atoms with E-state index in [2.05, 4.69) is 54.2 Å². The first-order chi connectivity index (χ1) is 19.3. The molecule has 0 saturated carbocycles. The zero-order valence-electron chi connectivity index (χ0n) is 25.0. The fraction of sp³-hybridized carbons (Fsp3) is 0.629. The zero-order valence-corrected chi connectivity index (χ0v) is 25.0. The van der Waals surface area contributed by atoms with Gasteiger partial charge in [0.2, 0.25) is 0 Å². The Hall–Kier alpha value is -2.49. The first-order valence-electron chi connectivity index (χ1n) is 16.3. The van der Waals surface area contributed by atoms with Crippen LogP contribution in [0.5, 0.6) is 5.75 Å². The molecule has 3 rings (SSSR count). The number of rotatable bonds is 23. The summed E-state index contributed by atoms with van der Waals surface area (Å²) >= 11 is 0. The van der Waals surface area contributed by atoms with Gasteiger partial charge in [0, 0.05) is 18.0 Å². The van der Waals surface area contributed by atoms with Gasteiger partial charge in [0.1, 0.15) is 5.75 Å². The van der Waals surface area contributed by atoms with Gasteiger partial charge in [0.15, 0.2) is 0 Å².